The minimum absolute atomic E-state index is 0. The van der Waals surface area contributed by atoms with Gasteiger partial charge in [-0.2, -0.15) is 0 Å². The van der Waals surface area contributed by atoms with Crippen LogP contribution in [0.5, 0.6) is 5.75 Å². The van der Waals surface area contributed by atoms with E-state index in [0.29, 0.717) is 25.6 Å². The lowest BCUT2D eigenvalue weighted by molar-refractivity contribution is 0.166. The second kappa shape index (κ2) is 13.3. The summed E-state index contributed by atoms with van der Waals surface area (Å²) in [6.07, 6.45) is 2.88. The number of hydrogen-bond acceptors (Lipinski definition) is 4. The number of benzene rings is 2. The van der Waals surface area contributed by atoms with Gasteiger partial charge in [0.2, 0.25) is 0 Å². The van der Waals surface area contributed by atoms with Gasteiger partial charge in [0.15, 0.2) is 5.96 Å². The molecule has 1 aromatic heterocycles. The average Bonchev–Trinajstić information content (AvgIpc) is 3.38. The lowest BCUT2D eigenvalue weighted by Crippen LogP contribution is -2.36. The number of guanidine groups is 1. The maximum absolute atomic E-state index is 6.17. The summed E-state index contributed by atoms with van der Waals surface area (Å²) in [4.78, 5) is 8.82. The van der Waals surface area contributed by atoms with E-state index in [9.17, 15) is 0 Å². The number of aliphatic imine (C=N–C) groups is 1. The molecule has 0 bridgehead atoms. The summed E-state index contributed by atoms with van der Waals surface area (Å²) in [7, 11) is 1.78. The van der Waals surface area contributed by atoms with E-state index in [1.54, 1.807) is 7.05 Å². The maximum atomic E-state index is 6.17. The summed E-state index contributed by atoms with van der Waals surface area (Å²) < 4.78 is 11.6. The summed E-state index contributed by atoms with van der Waals surface area (Å²) in [6.45, 7) is 5.70. The first kappa shape index (κ1) is 26.0. The Kier molecular flexibility index (Phi) is 10.2. The standard InChI is InChI=1S/C27H32N4O2.HI/c1-20-9-10-24(26(14-20)33-19-22-11-13-32-18-22)17-31-27(28-2)30-16-21-6-5-7-23(15-21)25-8-3-4-12-29-25;/h3-10,12,14-15,22H,11,13,16-19H2,1-2H3,(H2,28,30,31);1H. The molecular formula is C27H33IN4O2. The van der Waals surface area contributed by atoms with Gasteiger partial charge in [0.25, 0.3) is 0 Å². The number of pyridine rings is 1. The minimum Gasteiger partial charge on any atom is -0.493 e. The van der Waals surface area contributed by atoms with E-state index in [1.165, 1.54) is 11.1 Å². The third-order valence-corrected chi connectivity index (χ3v) is 5.74. The lowest BCUT2D eigenvalue weighted by Gasteiger charge is -2.17. The molecule has 2 heterocycles. The predicted molar refractivity (Wildman–Crippen MR) is 148 cm³/mol. The van der Waals surface area contributed by atoms with Crippen LogP contribution in [0.25, 0.3) is 11.3 Å². The average molecular weight is 572 g/mol. The molecule has 1 atom stereocenters. The molecule has 180 valence electrons. The van der Waals surface area contributed by atoms with Crippen LogP contribution in [0.2, 0.25) is 0 Å². The number of ether oxygens (including phenoxy) is 2. The van der Waals surface area contributed by atoms with Crippen LogP contribution in [0.15, 0.2) is 71.9 Å². The number of nitrogens with zero attached hydrogens (tertiary/aromatic N) is 2. The highest BCUT2D eigenvalue weighted by Crippen LogP contribution is 2.23. The Labute approximate surface area is 219 Å². The van der Waals surface area contributed by atoms with Gasteiger partial charge in [-0.25, -0.2) is 0 Å². The Hall–Kier alpha value is -2.65. The zero-order chi connectivity index (χ0) is 22.9. The van der Waals surface area contributed by atoms with Crippen LogP contribution in [-0.2, 0) is 17.8 Å². The highest BCUT2D eigenvalue weighted by Gasteiger charge is 2.17. The number of rotatable bonds is 8. The monoisotopic (exact) mass is 572 g/mol. The molecule has 0 amide bonds. The SMILES string of the molecule is CN=C(NCc1cccc(-c2ccccn2)c1)NCc1ccc(C)cc1OCC1CCOC1.I. The second-order valence-electron chi connectivity index (χ2n) is 8.35. The Morgan fingerprint density at radius 2 is 1.97 bits per heavy atom. The molecule has 0 saturated carbocycles. The third kappa shape index (κ3) is 7.43. The van der Waals surface area contributed by atoms with Crippen LogP contribution in [0, 0.1) is 12.8 Å². The molecule has 2 aromatic carbocycles. The van der Waals surface area contributed by atoms with Gasteiger partial charge in [0.05, 0.1) is 18.9 Å². The smallest absolute Gasteiger partial charge is 0.191 e. The van der Waals surface area contributed by atoms with Gasteiger partial charge in [-0.3, -0.25) is 9.98 Å². The van der Waals surface area contributed by atoms with Crippen LogP contribution >= 0.6 is 24.0 Å². The molecule has 2 N–H and O–H groups in total. The lowest BCUT2D eigenvalue weighted by atomic mass is 10.1. The summed E-state index contributed by atoms with van der Waals surface area (Å²) in [5.41, 5.74) is 5.54. The van der Waals surface area contributed by atoms with Crippen molar-refractivity contribution in [1.82, 2.24) is 15.6 Å². The van der Waals surface area contributed by atoms with Crippen molar-refractivity contribution in [2.45, 2.75) is 26.4 Å². The van der Waals surface area contributed by atoms with Gasteiger partial charge in [-0.05, 0) is 48.7 Å². The van der Waals surface area contributed by atoms with Crippen LogP contribution in [0.3, 0.4) is 0 Å². The van der Waals surface area contributed by atoms with E-state index in [2.05, 4.69) is 70.0 Å². The van der Waals surface area contributed by atoms with Crippen molar-refractivity contribution in [3.63, 3.8) is 0 Å². The van der Waals surface area contributed by atoms with E-state index >= 15 is 0 Å². The summed E-state index contributed by atoms with van der Waals surface area (Å²) in [5, 5.41) is 6.82. The van der Waals surface area contributed by atoms with Crippen LogP contribution in [0.1, 0.15) is 23.1 Å². The Morgan fingerprint density at radius 3 is 2.74 bits per heavy atom. The second-order valence-corrected chi connectivity index (χ2v) is 8.35. The molecule has 0 radical (unpaired) electrons. The maximum Gasteiger partial charge on any atom is 0.191 e. The molecular weight excluding hydrogens is 539 g/mol. The van der Waals surface area contributed by atoms with Crippen LogP contribution in [-0.4, -0.2) is 37.8 Å². The zero-order valence-corrected chi connectivity index (χ0v) is 22.1. The van der Waals surface area contributed by atoms with Crippen molar-refractivity contribution >= 4 is 29.9 Å². The molecule has 0 spiro atoms. The van der Waals surface area contributed by atoms with E-state index < -0.39 is 0 Å². The summed E-state index contributed by atoms with van der Waals surface area (Å²) in [6, 6.07) is 20.7. The quantitative estimate of drug-likeness (QED) is 0.227. The molecule has 1 aliphatic rings. The largest absolute Gasteiger partial charge is 0.493 e. The van der Waals surface area contributed by atoms with E-state index in [-0.39, 0.29) is 24.0 Å². The Morgan fingerprint density at radius 1 is 1.09 bits per heavy atom. The summed E-state index contributed by atoms with van der Waals surface area (Å²) in [5.74, 6) is 2.14. The Balaban J connectivity index is 0.00000324. The van der Waals surface area contributed by atoms with Crippen LogP contribution < -0.4 is 15.4 Å². The fourth-order valence-corrected chi connectivity index (χ4v) is 3.82. The van der Waals surface area contributed by atoms with Crippen molar-refractivity contribution in [1.29, 1.82) is 0 Å². The normalized spacial score (nSPS) is 15.5. The van der Waals surface area contributed by atoms with E-state index in [0.717, 1.165) is 48.2 Å². The number of hydrogen-bond donors (Lipinski definition) is 2. The molecule has 4 rings (SSSR count). The molecule has 0 aliphatic carbocycles. The number of aryl methyl sites for hydroxylation is 1. The van der Waals surface area contributed by atoms with Gasteiger partial charge in [0.1, 0.15) is 5.75 Å². The fourth-order valence-electron chi connectivity index (χ4n) is 3.82. The molecule has 3 aromatic rings. The molecule has 6 nitrogen and oxygen atoms in total. The zero-order valence-electron chi connectivity index (χ0n) is 19.8. The first-order valence-electron chi connectivity index (χ1n) is 11.5. The molecule has 1 unspecified atom stereocenters. The number of nitrogens with one attached hydrogen (secondary N) is 2. The molecule has 7 heteroatoms. The molecule has 1 fully saturated rings. The van der Waals surface area contributed by atoms with Crippen LogP contribution in [0.4, 0.5) is 0 Å². The molecule has 1 saturated heterocycles. The van der Waals surface area contributed by atoms with Gasteiger partial charge >= 0.3 is 0 Å². The van der Waals surface area contributed by atoms with Crippen molar-refractivity contribution in [3.8, 4) is 17.0 Å². The number of halogens is 1. The van der Waals surface area contributed by atoms with Gasteiger partial charge in [-0.15, -0.1) is 24.0 Å². The van der Waals surface area contributed by atoms with Gasteiger partial charge in [-0.1, -0.05) is 36.4 Å². The first-order chi connectivity index (χ1) is 16.2. The van der Waals surface area contributed by atoms with E-state index in [1.807, 2.05) is 24.4 Å². The minimum atomic E-state index is 0. The fraction of sp³-hybridized carbons (Fsp3) is 0.333. The summed E-state index contributed by atoms with van der Waals surface area (Å²) >= 11 is 0. The van der Waals surface area contributed by atoms with Crippen molar-refractivity contribution < 1.29 is 9.47 Å². The Bertz CT molecular complexity index is 1070. The van der Waals surface area contributed by atoms with Gasteiger partial charge in [0, 0.05) is 50.0 Å². The van der Waals surface area contributed by atoms with Crippen molar-refractivity contribution in [2.24, 2.45) is 10.9 Å². The molecule has 1 aliphatic heterocycles. The highest BCUT2D eigenvalue weighted by molar-refractivity contribution is 14.0. The molecule has 34 heavy (non-hydrogen) atoms. The topological polar surface area (TPSA) is 67.8 Å². The van der Waals surface area contributed by atoms with Gasteiger partial charge < -0.3 is 20.1 Å². The third-order valence-electron chi connectivity index (χ3n) is 5.74. The highest BCUT2D eigenvalue weighted by atomic mass is 127. The van der Waals surface area contributed by atoms with Crippen molar-refractivity contribution in [2.75, 3.05) is 26.9 Å². The first-order valence-corrected chi connectivity index (χ1v) is 11.5. The number of aromatic nitrogens is 1. The predicted octanol–water partition coefficient (Wildman–Crippen LogP) is 4.96. The van der Waals surface area contributed by atoms with Crippen molar-refractivity contribution in [3.05, 3.63) is 83.6 Å². The van der Waals surface area contributed by atoms with E-state index in [4.69, 9.17) is 9.47 Å².